The van der Waals surface area contributed by atoms with Gasteiger partial charge in [-0.3, -0.25) is 0 Å². The first kappa shape index (κ1) is 13.5. The Labute approximate surface area is 109 Å². The van der Waals surface area contributed by atoms with Gasteiger partial charge in [-0.25, -0.2) is 0 Å². The first-order valence-corrected chi connectivity index (χ1v) is 6.64. The van der Waals surface area contributed by atoms with E-state index in [0.717, 1.165) is 6.42 Å². The largest absolute Gasteiger partial charge is 0.396 e. The highest BCUT2D eigenvalue weighted by molar-refractivity contribution is 5.14. The van der Waals surface area contributed by atoms with E-state index in [1.54, 1.807) is 0 Å². The van der Waals surface area contributed by atoms with Crippen molar-refractivity contribution in [3.8, 4) is 0 Å². The maximum atomic E-state index is 9.29. The van der Waals surface area contributed by atoms with E-state index in [2.05, 4.69) is 19.1 Å². The van der Waals surface area contributed by atoms with Crippen LogP contribution < -0.4 is 0 Å². The van der Waals surface area contributed by atoms with Crippen molar-refractivity contribution in [1.82, 2.24) is 0 Å². The summed E-state index contributed by atoms with van der Waals surface area (Å²) in [6, 6.07) is 10.3. The number of aliphatic hydroxyl groups excluding tert-OH is 1. The zero-order valence-electron chi connectivity index (χ0n) is 11.1. The van der Waals surface area contributed by atoms with Crippen LogP contribution >= 0.6 is 0 Å². The summed E-state index contributed by atoms with van der Waals surface area (Å²) in [5, 5.41) is 9.29. The highest BCUT2D eigenvalue weighted by Crippen LogP contribution is 2.32. The maximum Gasteiger partial charge on any atom is 0.160 e. The predicted molar refractivity (Wildman–Crippen MR) is 70.2 cm³/mol. The maximum absolute atomic E-state index is 9.29. The second-order valence-electron chi connectivity index (χ2n) is 5.02. The zero-order valence-corrected chi connectivity index (χ0v) is 11.1. The third-order valence-electron chi connectivity index (χ3n) is 3.78. The molecule has 1 fully saturated rings. The Balaban J connectivity index is 1.78. The van der Waals surface area contributed by atoms with Gasteiger partial charge in [-0.2, -0.15) is 0 Å². The van der Waals surface area contributed by atoms with Gasteiger partial charge in [0.15, 0.2) is 6.29 Å². The zero-order chi connectivity index (χ0) is 13.0. The molecule has 4 atom stereocenters. The molecule has 0 amide bonds. The third kappa shape index (κ3) is 3.10. The molecule has 1 heterocycles. The predicted octanol–water partition coefficient (Wildman–Crippen LogP) is 2.24. The molecule has 0 unspecified atom stereocenters. The third-order valence-corrected chi connectivity index (χ3v) is 3.78. The molecular formula is C15H22O3. The molecule has 18 heavy (non-hydrogen) atoms. The molecule has 1 aliphatic heterocycles. The molecule has 2 rings (SSSR count). The Morgan fingerprint density at radius 2 is 1.94 bits per heavy atom. The number of benzene rings is 1. The normalized spacial score (nSPS) is 31.7. The Hall–Kier alpha value is -0.900. The van der Waals surface area contributed by atoms with Crippen molar-refractivity contribution in [3.63, 3.8) is 0 Å². The number of hydrogen-bond donors (Lipinski definition) is 1. The summed E-state index contributed by atoms with van der Waals surface area (Å²) in [6.45, 7) is 4.90. The average molecular weight is 250 g/mol. The van der Waals surface area contributed by atoms with Crippen molar-refractivity contribution in [2.45, 2.75) is 32.7 Å². The Morgan fingerprint density at radius 3 is 2.56 bits per heavy atom. The lowest BCUT2D eigenvalue weighted by molar-refractivity contribution is -0.143. The lowest BCUT2D eigenvalue weighted by atomic mass is 9.93. The Bertz CT molecular complexity index is 352. The molecule has 0 aliphatic carbocycles. The first-order valence-electron chi connectivity index (χ1n) is 6.64. The van der Waals surface area contributed by atoms with E-state index >= 15 is 0 Å². The fourth-order valence-electron chi connectivity index (χ4n) is 2.51. The van der Waals surface area contributed by atoms with Gasteiger partial charge >= 0.3 is 0 Å². The molecule has 1 aromatic carbocycles. The molecule has 0 saturated carbocycles. The van der Waals surface area contributed by atoms with Crippen LogP contribution in [0, 0.1) is 11.8 Å². The SMILES string of the molecule is C[C@@H]1[C@H](OCCc2ccccc2)O[C@H](C)[C@H]1CO. The second-order valence-corrected chi connectivity index (χ2v) is 5.02. The van der Waals surface area contributed by atoms with Crippen LogP contribution in [0.25, 0.3) is 0 Å². The molecule has 0 bridgehead atoms. The lowest BCUT2D eigenvalue weighted by Crippen LogP contribution is -2.23. The smallest absolute Gasteiger partial charge is 0.160 e. The van der Waals surface area contributed by atoms with Crippen molar-refractivity contribution in [3.05, 3.63) is 35.9 Å². The van der Waals surface area contributed by atoms with Gasteiger partial charge < -0.3 is 14.6 Å². The molecular weight excluding hydrogens is 228 g/mol. The van der Waals surface area contributed by atoms with Gasteiger partial charge in [0.25, 0.3) is 0 Å². The van der Waals surface area contributed by atoms with Crippen molar-refractivity contribution in [2.75, 3.05) is 13.2 Å². The minimum absolute atomic E-state index is 0.0757. The van der Waals surface area contributed by atoms with E-state index in [-0.39, 0.29) is 30.8 Å². The summed E-state index contributed by atoms with van der Waals surface area (Å²) in [4.78, 5) is 0. The van der Waals surface area contributed by atoms with E-state index in [1.165, 1.54) is 5.56 Å². The number of rotatable bonds is 5. The number of hydrogen-bond acceptors (Lipinski definition) is 3. The average Bonchev–Trinajstić information content (AvgIpc) is 2.65. The summed E-state index contributed by atoms with van der Waals surface area (Å²) in [6.07, 6.45) is 0.790. The monoisotopic (exact) mass is 250 g/mol. The van der Waals surface area contributed by atoms with Gasteiger partial charge in [-0.05, 0) is 18.9 Å². The molecule has 1 N–H and O–H groups in total. The van der Waals surface area contributed by atoms with Gasteiger partial charge in [-0.1, -0.05) is 37.3 Å². The fraction of sp³-hybridized carbons (Fsp3) is 0.600. The number of ether oxygens (including phenoxy) is 2. The Kier molecular flexibility index (Phi) is 4.75. The number of aliphatic hydroxyl groups is 1. The van der Waals surface area contributed by atoms with Gasteiger partial charge in [0.05, 0.1) is 12.7 Å². The fourth-order valence-corrected chi connectivity index (χ4v) is 2.51. The Morgan fingerprint density at radius 1 is 1.22 bits per heavy atom. The molecule has 100 valence electrons. The van der Waals surface area contributed by atoms with E-state index in [9.17, 15) is 5.11 Å². The van der Waals surface area contributed by atoms with Gasteiger partial charge in [0, 0.05) is 18.4 Å². The van der Waals surface area contributed by atoms with Gasteiger partial charge in [-0.15, -0.1) is 0 Å². The van der Waals surface area contributed by atoms with Crippen LogP contribution in [-0.4, -0.2) is 30.7 Å². The summed E-state index contributed by atoms with van der Waals surface area (Å²) in [7, 11) is 0. The van der Waals surface area contributed by atoms with E-state index in [0.29, 0.717) is 6.61 Å². The molecule has 3 nitrogen and oxygen atoms in total. The second kappa shape index (κ2) is 6.32. The molecule has 1 saturated heterocycles. The molecule has 1 aliphatic rings. The molecule has 0 radical (unpaired) electrons. The van der Waals surface area contributed by atoms with Crippen LogP contribution in [0.3, 0.4) is 0 Å². The molecule has 0 aromatic heterocycles. The highest BCUT2D eigenvalue weighted by atomic mass is 16.7. The van der Waals surface area contributed by atoms with Crippen LogP contribution in [0.4, 0.5) is 0 Å². The van der Waals surface area contributed by atoms with Crippen molar-refractivity contribution in [2.24, 2.45) is 11.8 Å². The van der Waals surface area contributed by atoms with Gasteiger partial charge in [0.2, 0.25) is 0 Å². The highest BCUT2D eigenvalue weighted by Gasteiger charge is 2.39. The summed E-state index contributed by atoms with van der Waals surface area (Å²) in [5.74, 6) is 0.437. The van der Waals surface area contributed by atoms with E-state index < -0.39 is 0 Å². The summed E-state index contributed by atoms with van der Waals surface area (Å²) >= 11 is 0. The first-order chi connectivity index (χ1) is 8.72. The lowest BCUT2D eigenvalue weighted by Gasteiger charge is -2.17. The standard InChI is InChI=1S/C15H22O3/c1-11-14(10-16)12(2)18-15(11)17-9-8-13-6-4-3-5-7-13/h3-7,11-12,14-16H,8-10H2,1-2H3/t11-,12+,14-,15+/m0/s1. The van der Waals surface area contributed by atoms with E-state index in [4.69, 9.17) is 9.47 Å². The van der Waals surface area contributed by atoms with Crippen LogP contribution in [0.15, 0.2) is 30.3 Å². The van der Waals surface area contributed by atoms with Crippen LogP contribution in [0.5, 0.6) is 0 Å². The van der Waals surface area contributed by atoms with Crippen LogP contribution in [0.2, 0.25) is 0 Å². The minimum Gasteiger partial charge on any atom is -0.396 e. The molecule has 1 aromatic rings. The van der Waals surface area contributed by atoms with Crippen LogP contribution in [-0.2, 0) is 15.9 Å². The summed E-state index contributed by atoms with van der Waals surface area (Å²) < 4.78 is 11.5. The van der Waals surface area contributed by atoms with E-state index in [1.807, 2.05) is 25.1 Å². The van der Waals surface area contributed by atoms with Crippen molar-refractivity contribution < 1.29 is 14.6 Å². The van der Waals surface area contributed by atoms with Crippen molar-refractivity contribution >= 4 is 0 Å². The quantitative estimate of drug-likeness (QED) is 0.871. The molecule has 3 heteroatoms. The van der Waals surface area contributed by atoms with Crippen LogP contribution in [0.1, 0.15) is 19.4 Å². The van der Waals surface area contributed by atoms with Gasteiger partial charge in [0.1, 0.15) is 0 Å². The van der Waals surface area contributed by atoms with Crippen molar-refractivity contribution in [1.29, 1.82) is 0 Å². The topological polar surface area (TPSA) is 38.7 Å². The molecule has 0 spiro atoms. The minimum atomic E-state index is -0.180. The summed E-state index contributed by atoms with van der Waals surface area (Å²) in [5.41, 5.74) is 1.27.